The van der Waals surface area contributed by atoms with Gasteiger partial charge in [0.2, 0.25) is 0 Å². The number of rotatable bonds is 2. The second-order valence-corrected chi connectivity index (χ2v) is 5.87. The molecule has 1 aliphatic heterocycles. The van der Waals surface area contributed by atoms with Crippen LogP contribution in [0.1, 0.15) is 56.4 Å². The number of carbonyl (C=O) groups is 1. The first-order valence-electron chi connectivity index (χ1n) is 7.59. The zero-order chi connectivity index (χ0) is 13.1. The molecule has 2 aliphatic rings. The SMILES string of the molecule is O=C1CCCCCC1CC1CCOc2ccccc21. The molecule has 19 heavy (non-hydrogen) atoms. The first kappa shape index (κ1) is 12.7. The lowest BCUT2D eigenvalue weighted by atomic mass is 9.82. The standard InChI is InChI=1S/C17H22O2/c18-16-8-3-1-2-6-14(16)12-13-10-11-19-17-9-5-4-7-15(13)17/h4-5,7,9,13-14H,1-3,6,8,10-12H2. The Labute approximate surface area is 115 Å². The molecule has 2 nitrogen and oxygen atoms in total. The Balaban J connectivity index is 1.75. The summed E-state index contributed by atoms with van der Waals surface area (Å²) >= 11 is 0. The van der Waals surface area contributed by atoms with Crippen molar-refractivity contribution < 1.29 is 9.53 Å². The Morgan fingerprint density at radius 2 is 1.95 bits per heavy atom. The van der Waals surface area contributed by atoms with Gasteiger partial charge in [0, 0.05) is 12.3 Å². The maximum atomic E-state index is 12.2. The van der Waals surface area contributed by atoms with Crippen LogP contribution in [0.4, 0.5) is 0 Å². The Bertz CT molecular complexity index is 452. The molecule has 0 N–H and O–H groups in total. The summed E-state index contributed by atoms with van der Waals surface area (Å²) in [4.78, 5) is 12.2. The Kier molecular flexibility index (Phi) is 3.86. The van der Waals surface area contributed by atoms with E-state index in [1.165, 1.54) is 18.4 Å². The van der Waals surface area contributed by atoms with Crippen LogP contribution in [0.5, 0.6) is 5.75 Å². The van der Waals surface area contributed by atoms with Crippen LogP contribution in [0.15, 0.2) is 24.3 Å². The van der Waals surface area contributed by atoms with E-state index >= 15 is 0 Å². The number of para-hydroxylation sites is 1. The molecule has 1 fully saturated rings. The van der Waals surface area contributed by atoms with E-state index in [1.807, 2.05) is 6.07 Å². The summed E-state index contributed by atoms with van der Waals surface area (Å²) in [7, 11) is 0. The van der Waals surface area contributed by atoms with Crippen molar-refractivity contribution in [2.75, 3.05) is 6.61 Å². The van der Waals surface area contributed by atoms with Crippen molar-refractivity contribution in [1.29, 1.82) is 0 Å². The van der Waals surface area contributed by atoms with Crippen LogP contribution in [0, 0.1) is 5.92 Å². The highest BCUT2D eigenvalue weighted by atomic mass is 16.5. The van der Waals surface area contributed by atoms with Gasteiger partial charge in [0.15, 0.2) is 0 Å². The molecule has 2 atom stereocenters. The van der Waals surface area contributed by atoms with Gasteiger partial charge in [-0.05, 0) is 43.2 Å². The van der Waals surface area contributed by atoms with Gasteiger partial charge in [-0.15, -0.1) is 0 Å². The molecule has 3 rings (SSSR count). The molecule has 2 unspecified atom stereocenters. The maximum absolute atomic E-state index is 12.2. The van der Waals surface area contributed by atoms with Crippen LogP contribution in [-0.4, -0.2) is 12.4 Å². The predicted molar refractivity (Wildman–Crippen MR) is 75.5 cm³/mol. The largest absolute Gasteiger partial charge is 0.493 e. The molecule has 0 spiro atoms. The molecule has 2 heteroatoms. The van der Waals surface area contributed by atoms with Crippen molar-refractivity contribution in [2.45, 2.75) is 50.9 Å². The molecule has 1 aromatic carbocycles. The third kappa shape index (κ3) is 2.83. The average Bonchev–Trinajstić information content (AvgIpc) is 2.65. The lowest BCUT2D eigenvalue weighted by Gasteiger charge is -2.28. The average molecular weight is 258 g/mol. The molecule has 1 saturated carbocycles. The summed E-state index contributed by atoms with van der Waals surface area (Å²) in [6.07, 6.45) is 7.53. The van der Waals surface area contributed by atoms with Crippen molar-refractivity contribution in [3.8, 4) is 5.75 Å². The lowest BCUT2D eigenvalue weighted by Crippen LogP contribution is -2.20. The van der Waals surface area contributed by atoms with Crippen molar-refractivity contribution in [3.05, 3.63) is 29.8 Å². The van der Waals surface area contributed by atoms with E-state index in [-0.39, 0.29) is 0 Å². The Morgan fingerprint density at radius 3 is 2.89 bits per heavy atom. The van der Waals surface area contributed by atoms with Gasteiger partial charge in [-0.25, -0.2) is 0 Å². The Hall–Kier alpha value is -1.31. The minimum Gasteiger partial charge on any atom is -0.493 e. The zero-order valence-corrected chi connectivity index (χ0v) is 11.4. The van der Waals surface area contributed by atoms with Crippen LogP contribution < -0.4 is 4.74 Å². The third-order valence-electron chi connectivity index (χ3n) is 4.58. The fraction of sp³-hybridized carbons (Fsp3) is 0.588. The van der Waals surface area contributed by atoms with Crippen LogP contribution in [-0.2, 0) is 4.79 Å². The molecule has 1 aliphatic carbocycles. The van der Waals surface area contributed by atoms with Gasteiger partial charge in [-0.3, -0.25) is 4.79 Å². The molecular weight excluding hydrogens is 236 g/mol. The molecule has 102 valence electrons. The highest BCUT2D eigenvalue weighted by Crippen LogP contribution is 2.39. The smallest absolute Gasteiger partial charge is 0.135 e. The van der Waals surface area contributed by atoms with E-state index in [9.17, 15) is 4.79 Å². The van der Waals surface area contributed by atoms with Crippen molar-refractivity contribution in [1.82, 2.24) is 0 Å². The Morgan fingerprint density at radius 1 is 1.05 bits per heavy atom. The summed E-state index contributed by atoms with van der Waals surface area (Å²) in [5, 5.41) is 0. The van der Waals surface area contributed by atoms with Crippen molar-refractivity contribution in [2.24, 2.45) is 5.92 Å². The topological polar surface area (TPSA) is 26.3 Å². The molecule has 1 heterocycles. The molecule has 1 aromatic rings. The summed E-state index contributed by atoms with van der Waals surface area (Å²) in [6, 6.07) is 8.32. The number of fused-ring (bicyclic) bond motifs is 1. The van der Waals surface area contributed by atoms with Gasteiger partial charge in [0.1, 0.15) is 11.5 Å². The van der Waals surface area contributed by atoms with Gasteiger partial charge in [0.25, 0.3) is 0 Å². The van der Waals surface area contributed by atoms with Gasteiger partial charge >= 0.3 is 0 Å². The number of benzene rings is 1. The number of hydrogen-bond acceptors (Lipinski definition) is 2. The second-order valence-electron chi connectivity index (χ2n) is 5.87. The van der Waals surface area contributed by atoms with E-state index in [0.29, 0.717) is 17.6 Å². The van der Waals surface area contributed by atoms with E-state index in [4.69, 9.17) is 4.74 Å². The molecule has 0 bridgehead atoms. The quantitative estimate of drug-likeness (QED) is 0.747. The van der Waals surface area contributed by atoms with Crippen LogP contribution >= 0.6 is 0 Å². The van der Waals surface area contributed by atoms with Gasteiger partial charge < -0.3 is 4.74 Å². The monoisotopic (exact) mass is 258 g/mol. The molecule has 0 saturated heterocycles. The fourth-order valence-corrected chi connectivity index (χ4v) is 3.49. The minimum absolute atomic E-state index is 0.290. The molecule has 0 amide bonds. The van der Waals surface area contributed by atoms with E-state index < -0.39 is 0 Å². The molecule has 0 aromatic heterocycles. The second kappa shape index (κ2) is 5.77. The van der Waals surface area contributed by atoms with E-state index in [2.05, 4.69) is 18.2 Å². The normalized spacial score (nSPS) is 27.3. The first-order valence-corrected chi connectivity index (χ1v) is 7.59. The number of ether oxygens (including phenoxy) is 1. The zero-order valence-electron chi connectivity index (χ0n) is 11.4. The van der Waals surface area contributed by atoms with E-state index in [0.717, 1.165) is 44.5 Å². The summed E-state index contributed by atoms with van der Waals surface area (Å²) in [5.74, 6) is 2.33. The number of carbonyl (C=O) groups excluding carboxylic acids is 1. The highest BCUT2D eigenvalue weighted by molar-refractivity contribution is 5.81. The minimum atomic E-state index is 0.290. The fourth-order valence-electron chi connectivity index (χ4n) is 3.49. The van der Waals surface area contributed by atoms with Gasteiger partial charge in [0.05, 0.1) is 6.61 Å². The van der Waals surface area contributed by atoms with Crippen molar-refractivity contribution >= 4 is 5.78 Å². The highest BCUT2D eigenvalue weighted by Gasteiger charge is 2.28. The number of Topliss-reactive ketones (excluding diaryl/α,β-unsaturated/α-hetero) is 1. The summed E-state index contributed by atoms with van der Waals surface area (Å²) in [6.45, 7) is 0.794. The van der Waals surface area contributed by atoms with Gasteiger partial charge in [-0.1, -0.05) is 31.0 Å². The maximum Gasteiger partial charge on any atom is 0.135 e. The predicted octanol–water partition coefficient (Wildman–Crippen LogP) is 4.09. The van der Waals surface area contributed by atoms with Crippen LogP contribution in [0.2, 0.25) is 0 Å². The number of hydrogen-bond donors (Lipinski definition) is 0. The first-order chi connectivity index (χ1) is 9.34. The summed E-state index contributed by atoms with van der Waals surface area (Å²) in [5.41, 5.74) is 1.31. The third-order valence-corrected chi connectivity index (χ3v) is 4.58. The summed E-state index contributed by atoms with van der Waals surface area (Å²) < 4.78 is 5.71. The molecular formula is C17H22O2. The lowest BCUT2D eigenvalue weighted by molar-refractivity contribution is -0.123. The molecule has 0 radical (unpaired) electrons. The van der Waals surface area contributed by atoms with Gasteiger partial charge in [-0.2, -0.15) is 0 Å². The van der Waals surface area contributed by atoms with Crippen LogP contribution in [0.3, 0.4) is 0 Å². The van der Waals surface area contributed by atoms with Crippen LogP contribution in [0.25, 0.3) is 0 Å². The van der Waals surface area contributed by atoms with Crippen molar-refractivity contribution in [3.63, 3.8) is 0 Å². The number of ketones is 1. The van der Waals surface area contributed by atoms with E-state index in [1.54, 1.807) is 0 Å².